The Kier molecular flexibility index (Phi) is 5.20. The van der Waals surface area contributed by atoms with Gasteiger partial charge in [-0.25, -0.2) is 0 Å². The molecule has 5 rings (SSSR count). The number of hydrogen-bond donors (Lipinski definition) is 1. The summed E-state index contributed by atoms with van der Waals surface area (Å²) < 4.78 is 5.12. The van der Waals surface area contributed by atoms with Gasteiger partial charge in [-0.05, 0) is 35.7 Å². The maximum atomic E-state index is 13.5. The number of aromatic amines is 1. The van der Waals surface area contributed by atoms with E-state index in [1.165, 1.54) is 0 Å². The number of aromatic nitrogens is 1. The standard InChI is InChI=1S/C24H24ClN3O3/c1-31-11-5-10-27-14-21(29)28-20(24(27)30)13-18-17-8-2-3-9-19(17)26-22(18)23(28)15-6-4-7-16(25)12-15/h2-4,6-9,12,20,23,26H,5,10-11,13-14H2,1H3. The van der Waals surface area contributed by atoms with Gasteiger partial charge in [0.15, 0.2) is 0 Å². The SMILES string of the molecule is COCCCN1CC(=O)N2C(Cc3c([nH]c4ccccc34)C2c2cccc(Cl)c2)C1=O. The second-order valence-corrected chi connectivity index (χ2v) is 8.58. The van der Waals surface area contributed by atoms with Crippen molar-refractivity contribution in [2.45, 2.75) is 24.9 Å². The molecule has 2 atom stereocenters. The lowest BCUT2D eigenvalue weighted by atomic mass is 9.86. The number of para-hydroxylation sites is 1. The first-order valence-electron chi connectivity index (χ1n) is 10.5. The van der Waals surface area contributed by atoms with Crippen molar-refractivity contribution in [2.24, 2.45) is 0 Å². The minimum absolute atomic E-state index is 0.00124. The zero-order valence-corrected chi connectivity index (χ0v) is 18.1. The van der Waals surface area contributed by atoms with Crippen LogP contribution in [0, 0.1) is 0 Å². The number of methoxy groups -OCH3 is 1. The van der Waals surface area contributed by atoms with Crippen LogP contribution in [0.3, 0.4) is 0 Å². The molecular weight excluding hydrogens is 414 g/mol. The fourth-order valence-electron chi connectivity index (χ4n) is 4.94. The highest BCUT2D eigenvalue weighted by Gasteiger charge is 2.48. The van der Waals surface area contributed by atoms with Crippen LogP contribution >= 0.6 is 11.6 Å². The Hall–Kier alpha value is -2.83. The number of hydrogen-bond acceptors (Lipinski definition) is 3. The molecule has 1 saturated heterocycles. The average molecular weight is 438 g/mol. The molecule has 0 bridgehead atoms. The molecule has 3 heterocycles. The van der Waals surface area contributed by atoms with Gasteiger partial charge in [-0.15, -0.1) is 0 Å². The molecule has 2 amide bonds. The molecule has 0 saturated carbocycles. The number of piperazine rings is 1. The van der Waals surface area contributed by atoms with E-state index >= 15 is 0 Å². The first kappa shape index (κ1) is 20.1. The fraction of sp³-hybridized carbons (Fsp3) is 0.333. The molecule has 160 valence electrons. The maximum absolute atomic E-state index is 13.5. The Balaban J connectivity index is 1.62. The summed E-state index contributed by atoms with van der Waals surface area (Å²) in [5.74, 6) is -0.0463. The molecule has 2 aromatic carbocycles. The largest absolute Gasteiger partial charge is 0.385 e. The van der Waals surface area contributed by atoms with Crippen molar-refractivity contribution in [3.8, 4) is 0 Å². The number of ether oxygens (including phenoxy) is 1. The number of rotatable bonds is 5. The van der Waals surface area contributed by atoms with Gasteiger partial charge in [-0.3, -0.25) is 9.59 Å². The van der Waals surface area contributed by atoms with Crippen LogP contribution in [0.25, 0.3) is 10.9 Å². The van der Waals surface area contributed by atoms with Crippen LogP contribution in [0.5, 0.6) is 0 Å². The first-order valence-corrected chi connectivity index (χ1v) is 10.9. The van der Waals surface area contributed by atoms with Gasteiger partial charge in [0.25, 0.3) is 0 Å². The monoisotopic (exact) mass is 437 g/mol. The lowest BCUT2D eigenvalue weighted by Gasteiger charge is -2.47. The van der Waals surface area contributed by atoms with Gasteiger partial charge in [0.05, 0.1) is 12.6 Å². The minimum atomic E-state index is -0.528. The summed E-state index contributed by atoms with van der Waals surface area (Å²) in [6.45, 7) is 1.17. The van der Waals surface area contributed by atoms with Gasteiger partial charge >= 0.3 is 0 Å². The summed E-state index contributed by atoms with van der Waals surface area (Å²) in [5.41, 5.74) is 3.98. The average Bonchev–Trinajstić information content (AvgIpc) is 3.14. The van der Waals surface area contributed by atoms with E-state index in [1.807, 2.05) is 42.5 Å². The molecule has 3 aromatic rings. The molecule has 7 heteroatoms. The third kappa shape index (κ3) is 3.40. The number of carbonyl (C=O) groups is 2. The van der Waals surface area contributed by atoms with Crippen molar-refractivity contribution in [1.29, 1.82) is 0 Å². The van der Waals surface area contributed by atoms with Gasteiger partial charge in [0, 0.05) is 48.3 Å². The number of benzene rings is 2. The van der Waals surface area contributed by atoms with Crippen LogP contribution in [-0.2, 0) is 20.7 Å². The molecule has 0 radical (unpaired) electrons. The lowest BCUT2D eigenvalue weighted by molar-refractivity contribution is -0.158. The second kappa shape index (κ2) is 8.02. The van der Waals surface area contributed by atoms with Crippen LogP contribution in [0.1, 0.15) is 29.3 Å². The van der Waals surface area contributed by atoms with Crippen LogP contribution < -0.4 is 0 Å². The van der Waals surface area contributed by atoms with Crippen molar-refractivity contribution in [3.63, 3.8) is 0 Å². The van der Waals surface area contributed by atoms with E-state index in [4.69, 9.17) is 16.3 Å². The number of halogens is 1. The molecular formula is C24H24ClN3O3. The highest BCUT2D eigenvalue weighted by atomic mass is 35.5. The van der Waals surface area contributed by atoms with Crippen LogP contribution in [0.15, 0.2) is 48.5 Å². The molecule has 1 fully saturated rings. The third-order valence-electron chi connectivity index (χ3n) is 6.28. The van der Waals surface area contributed by atoms with E-state index < -0.39 is 6.04 Å². The summed E-state index contributed by atoms with van der Waals surface area (Å²) in [7, 11) is 1.64. The summed E-state index contributed by atoms with van der Waals surface area (Å²) in [6, 6.07) is 14.7. The first-order chi connectivity index (χ1) is 15.1. The van der Waals surface area contributed by atoms with Gasteiger partial charge < -0.3 is 19.5 Å². The highest BCUT2D eigenvalue weighted by molar-refractivity contribution is 6.30. The van der Waals surface area contributed by atoms with E-state index in [2.05, 4.69) is 11.1 Å². The summed E-state index contributed by atoms with van der Waals surface area (Å²) in [4.78, 5) is 33.8. The Morgan fingerprint density at radius 3 is 2.81 bits per heavy atom. The predicted molar refractivity (Wildman–Crippen MR) is 119 cm³/mol. The van der Waals surface area contributed by atoms with Gasteiger partial charge in [0.1, 0.15) is 6.04 Å². The molecule has 2 unspecified atom stereocenters. The van der Waals surface area contributed by atoms with Crippen molar-refractivity contribution < 1.29 is 14.3 Å². The number of nitrogens with zero attached hydrogens (tertiary/aromatic N) is 2. The number of amides is 2. The Labute approximate surface area is 185 Å². The topological polar surface area (TPSA) is 65.6 Å². The molecule has 1 aromatic heterocycles. The zero-order valence-electron chi connectivity index (χ0n) is 17.3. The quantitative estimate of drug-likeness (QED) is 0.621. The summed E-state index contributed by atoms with van der Waals surface area (Å²) in [5, 5.41) is 1.70. The molecule has 0 aliphatic carbocycles. The van der Waals surface area contributed by atoms with Crippen LogP contribution in [0.4, 0.5) is 0 Å². The Morgan fingerprint density at radius 1 is 1.16 bits per heavy atom. The van der Waals surface area contributed by atoms with Gasteiger partial charge in [0.2, 0.25) is 11.8 Å². The highest BCUT2D eigenvalue weighted by Crippen LogP contribution is 2.42. The Morgan fingerprint density at radius 2 is 2.00 bits per heavy atom. The number of fused-ring (bicyclic) bond motifs is 4. The van der Waals surface area contributed by atoms with Crippen molar-refractivity contribution in [3.05, 3.63) is 70.4 Å². The van der Waals surface area contributed by atoms with E-state index in [1.54, 1.807) is 16.9 Å². The van der Waals surface area contributed by atoms with Gasteiger partial charge in [-0.1, -0.05) is 41.9 Å². The molecule has 0 spiro atoms. The third-order valence-corrected chi connectivity index (χ3v) is 6.52. The van der Waals surface area contributed by atoms with Crippen molar-refractivity contribution >= 4 is 34.3 Å². The number of nitrogens with one attached hydrogen (secondary N) is 1. The maximum Gasteiger partial charge on any atom is 0.246 e. The summed E-state index contributed by atoms with van der Waals surface area (Å²) >= 11 is 6.30. The van der Waals surface area contributed by atoms with Crippen LogP contribution in [0.2, 0.25) is 5.02 Å². The predicted octanol–water partition coefficient (Wildman–Crippen LogP) is 3.54. The molecule has 1 N–H and O–H groups in total. The summed E-state index contributed by atoms with van der Waals surface area (Å²) in [6.07, 6.45) is 1.21. The fourth-order valence-corrected chi connectivity index (χ4v) is 5.13. The normalized spacial score (nSPS) is 20.8. The Bertz CT molecular complexity index is 1160. The van der Waals surface area contributed by atoms with Crippen molar-refractivity contribution in [1.82, 2.24) is 14.8 Å². The molecule has 2 aliphatic heterocycles. The van der Waals surface area contributed by atoms with E-state index in [9.17, 15) is 9.59 Å². The minimum Gasteiger partial charge on any atom is -0.385 e. The van der Waals surface area contributed by atoms with Gasteiger partial charge in [-0.2, -0.15) is 0 Å². The van der Waals surface area contributed by atoms with Crippen molar-refractivity contribution in [2.75, 3.05) is 26.8 Å². The number of H-pyrrole nitrogens is 1. The number of carbonyl (C=O) groups excluding carboxylic acids is 2. The second-order valence-electron chi connectivity index (χ2n) is 8.15. The molecule has 2 aliphatic rings. The van der Waals surface area contributed by atoms with Crippen LogP contribution in [-0.4, -0.2) is 59.4 Å². The molecule has 31 heavy (non-hydrogen) atoms. The zero-order chi connectivity index (χ0) is 21.5. The van der Waals surface area contributed by atoms with E-state index in [0.29, 0.717) is 31.0 Å². The molecule has 6 nitrogen and oxygen atoms in total. The van der Waals surface area contributed by atoms with E-state index in [-0.39, 0.29) is 24.4 Å². The lowest BCUT2D eigenvalue weighted by Crippen LogP contribution is -2.63. The smallest absolute Gasteiger partial charge is 0.246 e. The van der Waals surface area contributed by atoms with E-state index in [0.717, 1.165) is 27.7 Å².